The Bertz CT molecular complexity index is 572. The minimum atomic E-state index is -0.0138. The third-order valence-electron chi connectivity index (χ3n) is 6.25. The molecule has 23 heavy (non-hydrogen) atoms. The Morgan fingerprint density at radius 2 is 1.61 bits per heavy atom. The molecule has 1 aromatic rings. The molecule has 3 nitrogen and oxygen atoms in total. The Labute approximate surface area is 139 Å². The van der Waals surface area contributed by atoms with Gasteiger partial charge in [0.2, 0.25) is 0 Å². The van der Waals surface area contributed by atoms with Gasteiger partial charge >= 0.3 is 6.03 Å². The van der Waals surface area contributed by atoms with Crippen LogP contribution in [0.5, 0.6) is 0 Å². The molecular formula is C20H28N2O. The molecule has 0 heterocycles. The first-order valence-corrected chi connectivity index (χ1v) is 9.21. The van der Waals surface area contributed by atoms with E-state index in [0.717, 1.165) is 23.4 Å². The van der Waals surface area contributed by atoms with Gasteiger partial charge < -0.3 is 10.6 Å². The summed E-state index contributed by atoms with van der Waals surface area (Å²) < 4.78 is 0. The minimum absolute atomic E-state index is 0.0138. The van der Waals surface area contributed by atoms with Gasteiger partial charge in [0.15, 0.2) is 0 Å². The van der Waals surface area contributed by atoms with Crippen molar-refractivity contribution in [1.82, 2.24) is 5.32 Å². The van der Waals surface area contributed by atoms with E-state index in [1.54, 1.807) is 0 Å². The molecule has 0 aliphatic heterocycles. The lowest BCUT2D eigenvalue weighted by molar-refractivity contribution is -0.0127. The zero-order chi connectivity index (χ0) is 16.0. The number of benzene rings is 1. The van der Waals surface area contributed by atoms with Crippen LogP contribution in [0.4, 0.5) is 10.5 Å². The van der Waals surface area contributed by atoms with E-state index >= 15 is 0 Å². The lowest BCUT2D eigenvalue weighted by atomic mass is 9.53. The van der Waals surface area contributed by atoms with Crippen LogP contribution >= 0.6 is 0 Å². The monoisotopic (exact) mass is 312 g/mol. The van der Waals surface area contributed by atoms with Gasteiger partial charge in [0.1, 0.15) is 0 Å². The molecule has 124 valence electrons. The van der Waals surface area contributed by atoms with Crippen molar-refractivity contribution in [3.63, 3.8) is 0 Å². The van der Waals surface area contributed by atoms with Crippen molar-refractivity contribution in [2.24, 2.45) is 17.8 Å². The van der Waals surface area contributed by atoms with Crippen molar-refractivity contribution in [3.8, 4) is 0 Å². The van der Waals surface area contributed by atoms with Crippen LogP contribution in [0.2, 0.25) is 0 Å². The van der Waals surface area contributed by atoms with Gasteiger partial charge in [-0.2, -0.15) is 0 Å². The van der Waals surface area contributed by atoms with E-state index in [1.165, 1.54) is 44.1 Å². The number of nitrogens with one attached hydrogen (secondary N) is 2. The summed E-state index contributed by atoms with van der Waals surface area (Å²) in [4.78, 5) is 12.6. The number of anilines is 1. The molecule has 0 radical (unpaired) electrons. The van der Waals surface area contributed by atoms with Crippen LogP contribution in [0.25, 0.3) is 0 Å². The van der Waals surface area contributed by atoms with Crippen molar-refractivity contribution < 1.29 is 4.79 Å². The molecule has 2 amide bonds. The average Bonchev–Trinajstić information content (AvgIpc) is 2.45. The maximum absolute atomic E-state index is 12.6. The SMILES string of the molecule is CC(C)c1ccccc1NC(=O)NC12CC3CC(CC(C3)C1)C2. The Morgan fingerprint density at radius 1 is 1.04 bits per heavy atom. The fraction of sp³-hybridized carbons (Fsp3) is 0.650. The summed E-state index contributed by atoms with van der Waals surface area (Å²) in [6.07, 6.45) is 7.78. The van der Waals surface area contributed by atoms with E-state index in [0.29, 0.717) is 5.92 Å². The molecule has 0 unspecified atom stereocenters. The van der Waals surface area contributed by atoms with E-state index < -0.39 is 0 Å². The van der Waals surface area contributed by atoms with Gasteiger partial charge in [-0.05, 0) is 73.8 Å². The highest BCUT2D eigenvalue weighted by molar-refractivity contribution is 5.90. The number of amides is 2. The molecule has 4 saturated carbocycles. The van der Waals surface area contributed by atoms with Crippen LogP contribution < -0.4 is 10.6 Å². The van der Waals surface area contributed by atoms with Gasteiger partial charge in [0.05, 0.1) is 0 Å². The second kappa shape index (κ2) is 5.54. The van der Waals surface area contributed by atoms with Crippen molar-refractivity contribution in [2.45, 2.75) is 63.8 Å². The predicted molar refractivity (Wildman–Crippen MR) is 93.6 cm³/mol. The Balaban J connectivity index is 1.47. The molecule has 2 N–H and O–H groups in total. The number of hydrogen-bond donors (Lipinski definition) is 2. The molecule has 4 aliphatic rings. The summed E-state index contributed by atoms with van der Waals surface area (Å²) in [6.45, 7) is 4.33. The molecule has 0 saturated heterocycles. The molecule has 4 aliphatic carbocycles. The predicted octanol–water partition coefficient (Wildman–Crippen LogP) is 4.90. The lowest BCUT2D eigenvalue weighted by Gasteiger charge is -2.56. The third kappa shape index (κ3) is 2.86. The summed E-state index contributed by atoms with van der Waals surface area (Å²) in [5, 5.41) is 6.51. The topological polar surface area (TPSA) is 41.1 Å². The normalized spacial score (nSPS) is 34.7. The van der Waals surface area contributed by atoms with E-state index in [2.05, 4.69) is 30.5 Å². The van der Waals surface area contributed by atoms with Gasteiger partial charge in [-0.25, -0.2) is 4.79 Å². The van der Waals surface area contributed by atoms with Crippen LogP contribution in [0.15, 0.2) is 24.3 Å². The van der Waals surface area contributed by atoms with Gasteiger partial charge in [-0.15, -0.1) is 0 Å². The molecule has 0 atom stereocenters. The van der Waals surface area contributed by atoms with Crippen LogP contribution in [0.3, 0.4) is 0 Å². The largest absolute Gasteiger partial charge is 0.332 e. The fourth-order valence-electron chi connectivity index (χ4n) is 5.77. The highest BCUT2D eigenvalue weighted by Crippen LogP contribution is 2.55. The molecule has 4 fully saturated rings. The number of rotatable bonds is 3. The van der Waals surface area contributed by atoms with Crippen LogP contribution in [0, 0.1) is 17.8 Å². The van der Waals surface area contributed by atoms with Crippen LogP contribution in [-0.2, 0) is 0 Å². The zero-order valence-corrected chi connectivity index (χ0v) is 14.3. The average molecular weight is 312 g/mol. The zero-order valence-electron chi connectivity index (χ0n) is 14.3. The van der Waals surface area contributed by atoms with Crippen molar-refractivity contribution in [3.05, 3.63) is 29.8 Å². The van der Waals surface area contributed by atoms with Gasteiger partial charge in [-0.3, -0.25) is 0 Å². The summed E-state index contributed by atoms with van der Waals surface area (Å²) in [5.41, 5.74) is 2.23. The first kappa shape index (κ1) is 15.0. The summed E-state index contributed by atoms with van der Waals surface area (Å²) in [6, 6.07) is 8.13. The first-order chi connectivity index (χ1) is 11.0. The Kier molecular flexibility index (Phi) is 3.62. The van der Waals surface area contributed by atoms with E-state index in [-0.39, 0.29) is 11.6 Å². The number of urea groups is 1. The second-order valence-corrected chi connectivity index (χ2v) is 8.52. The molecule has 5 rings (SSSR count). The molecule has 3 heteroatoms. The number of para-hydroxylation sites is 1. The standard InChI is InChI=1S/C20H28N2O/c1-13(2)17-5-3-4-6-18(17)21-19(23)22-20-10-14-7-15(11-20)9-16(8-14)12-20/h3-6,13-16H,7-12H2,1-2H3,(H2,21,22,23). The van der Waals surface area contributed by atoms with Crippen molar-refractivity contribution in [2.75, 3.05) is 5.32 Å². The highest BCUT2D eigenvalue weighted by atomic mass is 16.2. The molecule has 4 bridgehead atoms. The molecule has 1 aromatic carbocycles. The number of carbonyl (C=O) groups excluding carboxylic acids is 1. The summed E-state index contributed by atoms with van der Waals surface area (Å²) in [5.74, 6) is 2.96. The van der Waals surface area contributed by atoms with Crippen LogP contribution in [-0.4, -0.2) is 11.6 Å². The van der Waals surface area contributed by atoms with Crippen molar-refractivity contribution >= 4 is 11.7 Å². The smallest absolute Gasteiger partial charge is 0.319 e. The molecule has 0 spiro atoms. The maximum Gasteiger partial charge on any atom is 0.319 e. The minimum Gasteiger partial charge on any atom is -0.332 e. The molecular weight excluding hydrogens is 284 g/mol. The summed E-state index contributed by atoms with van der Waals surface area (Å²) >= 11 is 0. The van der Waals surface area contributed by atoms with Gasteiger partial charge in [-0.1, -0.05) is 32.0 Å². The van der Waals surface area contributed by atoms with E-state index in [9.17, 15) is 4.79 Å². The third-order valence-corrected chi connectivity index (χ3v) is 6.25. The Morgan fingerprint density at radius 3 is 2.17 bits per heavy atom. The van der Waals surface area contributed by atoms with Crippen molar-refractivity contribution in [1.29, 1.82) is 0 Å². The summed E-state index contributed by atoms with van der Waals surface area (Å²) in [7, 11) is 0. The highest BCUT2D eigenvalue weighted by Gasteiger charge is 2.51. The number of carbonyl (C=O) groups is 1. The van der Waals surface area contributed by atoms with E-state index in [1.807, 2.05) is 18.2 Å². The maximum atomic E-state index is 12.6. The molecule has 0 aromatic heterocycles. The Hall–Kier alpha value is -1.51. The lowest BCUT2D eigenvalue weighted by Crippen LogP contribution is -2.60. The van der Waals surface area contributed by atoms with Gasteiger partial charge in [0.25, 0.3) is 0 Å². The number of hydrogen-bond acceptors (Lipinski definition) is 1. The fourth-order valence-corrected chi connectivity index (χ4v) is 5.77. The first-order valence-electron chi connectivity index (χ1n) is 9.21. The quantitative estimate of drug-likeness (QED) is 0.819. The van der Waals surface area contributed by atoms with Crippen LogP contribution in [0.1, 0.15) is 63.9 Å². The van der Waals surface area contributed by atoms with E-state index in [4.69, 9.17) is 0 Å². The second-order valence-electron chi connectivity index (χ2n) is 8.52. The van der Waals surface area contributed by atoms with Gasteiger partial charge in [0, 0.05) is 11.2 Å².